The maximum atomic E-state index is 5.37. The third-order valence-corrected chi connectivity index (χ3v) is 3.36. The van der Waals surface area contributed by atoms with Crippen LogP contribution in [0.2, 0.25) is 0 Å². The molecule has 1 heterocycles. The molecule has 0 amide bonds. The minimum absolute atomic E-state index is 0.355. The van der Waals surface area contributed by atoms with Gasteiger partial charge < -0.3 is 14.8 Å². The lowest BCUT2D eigenvalue weighted by atomic mass is 10.0. The molecule has 1 fully saturated rings. The first-order valence-corrected chi connectivity index (χ1v) is 5.39. The number of likely N-dealkylation sites (N-methyl/N-ethyl adjacent to an activating group) is 1. The van der Waals surface area contributed by atoms with Crippen molar-refractivity contribution in [3.05, 3.63) is 23.8 Å². The zero-order valence-electron chi connectivity index (χ0n) is 8.88. The molecule has 15 heavy (non-hydrogen) atoms. The van der Waals surface area contributed by atoms with Crippen molar-refractivity contribution in [2.75, 3.05) is 13.8 Å². The molecule has 0 spiro atoms. The van der Waals surface area contributed by atoms with Gasteiger partial charge in [0, 0.05) is 5.54 Å². The lowest BCUT2D eigenvalue weighted by molar-refractivity contribution is 0.174. The van der Waals surface area contributed by atoms with Crippen LogP contribution in [0.4, 0.5) is 0 Å². The highest BCUT2D eigenvalue weighted by atomic mass is 16.7. The van der Waals surface area contributed by atoms with E-state index in [0.29, 0.717) is 12.3 Å². The fourth-order valence-electron chi connectivity index (χ4n) is 2.11. The first-order chi connectivity index (χ1) is 7.31. The Morgan fingerprint density at radius 2 is 2.07 bits per heavy atom. The fraction of sp³-hybridized carbons (Fsp3) is 0.500. The zero-order valence-corrected chi connectivity index (χ0v) is 8.88. The van der Waals surface area contributed by atoms with E-state index in [9.17, 15) is 0 Å². The highest BCUT2D eigenvalue weighted by Gasteiger charge is 2.40. The zero-order chi connectivity index (χ0) is 10.3. The van der Waals surface area contributed by atoms with Crippen LogP contribution in [0.3, 0.4) is 0 Å². The van der Waals surface area contributed by atoms with Gasteiger partial charge in [0.2, 0.25) is 6.79 Å². The van der Waals surface area contributed by atoms with E-state index in [1.54, 1.807) is 0 Å². The molecule has 3 heteroatoms. The second-order valence-corrected chi connectivity index (χ2v) is 4.39. The Kier molecular flexibility index (Phi) is 1.89. The van der Waals surface area contributed by atoms with Crippen LogP contribution < -0.4 is 14.8 Å². The fourth-order valence-corrected chi connectivity index (χ4v) is 2.11. The van der Waals surface area contributed by atoms with Crippen LogP contribution in [-0.2, 0) is 6.42 Å². The summed E-state index contributed by atoms with van der Waals surface area (Å²) in [6.07, 6.45) is 3.63. The Labute approximate surface area is 89.4 Å². The maximum absolute atomic E-state index is 5.37. The van der Waals surface area contributed by atoms with Crippen LogP contribution in [0.25, 0.3) is 0 Å². The molecule has 1 aromatic rings. The van der Waals surface area contributed by atoms with Crippen molar-refractivity contribution < 1.29 is 9.47 Å². The first-order valence-electron chi connectivity index (χ1n) is 5.39. The van der Waals surface area contributed by atoms with Gasteiger partial charge in [-0.15, -0.1) is 0 Å². The number of benzene rings is 1. The first kappa shape index (κ1) is 9.04. The molecule has 0 atom stereocenters. The molecule has 0 bridgehead atoms. The lowest BCUT2D eigenvalue weighted by Gasteiger charge is -2.13. The summed E-state index contributed by atoms with van der Waals surface area (Å²) in [4.78, 5) is 0. The quantitative estimate of drug-likeness (QED) is 0.814. The minimum Gasteiger partial charge on any atom is -0.454 e. The third kappa shape index (κ3) is 1.57. The highest BCUT2D eigenvalue weighted by Crippen LogP contribution is 2.40. The summed E-state index contributed by atoms with van der Waals surface area (Å²) in [6, 6.07) is 6.23. The van der Waals surface area contributed by atoms with E-state index in [2.05, 4.69) is 17.4 Å². The molecule has 1 saturated carbocycles. The predicted molar refractivity (Wildman–Crippen MR) is 57.3 cm³/mol. The van der Waals surface area contributed by atoms with Crippen LogP contribution >= 0.6 is 0 Å². The van der Waals surface area contributed by atoms with Crippen molar-refractivity contribution in [3.8, 4) is 11.5 Å². The van der Waals surface area contributed by atoms with E-state index in [1.165, 1.54) is 18.4 Å². The summed E-state index contributed by atoms with van der Waals surface area (Å²) in [5.74, 6) is 1.76. The number of fused-ring (bicyclic) bond motifs is 1. The van der Waals surface area contributed by atoms with E-state index in [4.69, 9.17) is 9.47 Å². The summed E-state index contributed by atoms with van der Waals surface area (Å²) in [5, 5.41) is 3.40. The van der Waals surface area contributed by atoms with Gasteiger partial charge in [-0.3, -0.25) is 0 Å². The smallest absolute Gasteiger partial charge is 0.231 e. The average Bonchev–Trinajstić information content (AvgIpc) is 2.88. The van der Waals surface area contributed by atoms with Gasteiger partial charge in [-0.2, -0.15) is 0 Å². The van der Waals surface area contributed by atoms with E-state index < -0.39 is 0 Å². The Morgan fingerprint density at radius 1 is 1.27 bits per heavy atom. The second-order valence-electron chi connectivity index (χ2n) is 4.39. The Bertz CT molecular complexity index is 385. The number of nitrogens with one attached hydrogen (secondary N) is 1. The minimum atomic E-state index is 0.355. The van der Waals surface area contributed by atoms with Gasteiger partial charge in [0.25, 0.3) is 0 Å². The molecule has 80 valence electrons. The average molecular weight is 205 g/mol. The molecule has 0 saturated heterocycles. The predicted octanol–water partition coefficient (Wildman–Crippen LogP) is 1.71. The SMILES string of the molecule is CNC1(Cc2ccc3c(c2)OCO3)CC1. The lowest BCUT2D eigenvalue weighted by Crippen LogP contribution is -2.29. The molecule has 1 N–H and O–H groups in total. The molecule has 3 rings (SSSR count). The largest absolute Gasteiger partial charge is 0.454 e. The van der Waals surface area contributed by atoms with Crippen LogP contribution in [0.5, 0.6) is 11.5 Å². The molecule has 0 radical (unpaired) electrons. The van der Waals surface area contributed by atoms with Gasteiger partial charge >= 0.3 is 0 Å². The van der Waals surface area contributed by atoms with Crippen molar-refractivity contribution in [3.63, 3.8) is 0 Å². The molecule has 1 aliphatic carbocycles. The van der Waals surface area contributed by atoms with Gasteiger partial charge in [0.1, 0.15) is 0 Å². The molecular weight excluding hydrogens is 190 g/mol. The van der Waals surface area contributed by atoms with Crippen molar-refractivity contribution in [2.45, 2.75) is 24.8 Å². The molecule has 3 nitrogen and oxygen atoms in total. The summed E-state index contributed by atoms with van der Waals surface area (Å²) >= 11 is 0. The Hall–Kier alpha value is -1.22. The molecule has 0 aromatic heterocycles. The number of hydrogen-bond acceptors (Lipinski definition) is 3. The molecule has 1 aliphatic heterocycles. The summed E-state index contributed by atoms with van der Waals surface area (Å²) in [6.45, 7) is 0.357. The van der Waals surface area contributed by atoms with Gasteiger partial charge in [-0.1, -0.05) is 6.07 Å². The highest BCUT2D eigenvalue weighted by molar-refractivity contribution is 5.45. The number of ether oxygens (including phenoxy) is 2. The topological polar surface area (TPSA) is 30.5 Å². The number of hydrogen-bond donors (Lipinski definition) is 1. The van der Waals surface area contributed by atoms with Crippen LogP contribution in [0.1, 0.15) is 18.4 Å². The summed E-state index contributed by atoms with van der Waals surface area (Å²) < 4.78 is 10.7. The van der Waals surface area contributed by atoms with Crippen LogP contribution in [0.15, 0.2) is 18.2 Å². The summed E-state index contributed by atoms with van der Waals surface area (Å²) in [7, 11) is 2.04. The standard InChI is InChI=1S/C12H15NO2/c1-13-12(4-5-12)7-9-2-3-10-11(6-9)15-8-14-10/h2-3,6,13H,4-5,7-8H2,1H3. The van der Waals surface area contributed by atoms with Gasteiger partial charge in [0.05, 0.1) is 0 Å². The maximum Gasteiger partial charge on any atom is 0.231 e. The van der Waals surface area contributed by atoms with Gasteiger partial charge in [-0.25, -0.2) is 0 Å². The van der Waals surface area contributed by atoms with E-state index in [0.717, 1.165) is 17.9 Å². The van der Waals surface area contributed by atoms with Crippen molar-refractivity contribution >= 4 is 0 Å². The third-order valence-electron chi connectivity index (χ3n) is 3.36. The molecule has 0 unspecified atom stereocenters. The molecule has 2 aliphatic rings. The number of rotatable bonds is 3. The Balaban J connectivity index is 1.81. The van der Waals surface area contributed by atoms with Crippen molar-refractivity contribution in [1.29, 1.82) is 0 Å². The van der Waals surface area contributed by atoms with Gasteiger partial charge in [0.15, 0.2) is 11.5 Å². The monoisotopic (exact) mass is 205 g/mol. The molecule has 1 aromatic carbocycles. The van der Waals surface area contributed by atoms with E-state index >= 15 is 0 Å². The Morgan fingerprint density at radius 3 is 2.80 bits per heavy atom. The molecular formula is C12H15NO2. The van der Waals surface area contributed by atoms with Crippen molar-refractivity contribution in [2.24, 2.45) is 0 Å². The van der Waals surface area contributed by atoms with Gasteiger partial charge in [-0.05, 0) is 44.0 Å². The van der Waals surface area contributed by atoms with Crippen molar-refractivity contribution in [1.82, 2.24) is 5.32 Å². The normalized spacial score (nSPS) is 20.3. The summed E-state index contributed by atoms with van der Waals surface area (Å²) in [5.41, 5.74) is 1.68. The second kappa shape index (κ2) is 3.14. The van der Waals surface area contributed by atoms with Crippen LogP contribution in [-0.4, -0.2) is 19.4 Å². The van der Waals surface area contributed by atoms with E-state index in [-0.39, 0.29) is 0 Å². The van der Waals surface area contributed by atoms with Crippen LogP contribution in [0, 0.1) is 0 Å². The van der Waals surface area contributed by atoms with E-state index in [1.807, 2.05) is 13.1 Å².